The third-order valence-corrected chi connectivity index (χ3v) is 2.62. The van der Waals surface area contributed by atoms with Gasteiger partial charge in [0.05, 0.1) is 20.1 Å². The van der Waals surface area contributed by atoms with E-state index in [-0.39, 0.29) is 12.0 Å². The maximum Gasteiger partial charge on any atom is 0.307 e. The number of ether oxygens (including phenoxy) is 2. The minimum absolute atomic E-state index is 0.0378. The van der Waals surface area contributed by atoms with Crippen molar-refractivity contribution >= 4 is 5.97 Å². The van der Waals surface area contributed by atoms with Crippen LogP contribution in [0.1, 0.15) is 31.9 Å². The summed E-state index contributed by atoms with van der Waals surface area (Å²) in [5.41, 5.74) is 1.03. The molecule has 0 heterocycles. The van der Waals surface area contributed by atoms with Gasteiger partial charge >= 0.3 is 5.97 Å². The van der Waals surface area contributed by atoms with Gasteiger partial charge in [0.15, 0.2) is 0 Å². The molecule has 0 saturated heterocycles. The third-order valence-electron chi connectivity index (χ3n) is 2.62. The van der Waals surface area contributed by atoms with Gasteiger partial charge in [-0.2, -0.15) is 0 Å². The summed E-state index contributed by atoms with van der Waals surface area (Å²) in [4.78, 5) is 11.6. The topological polar surface area (TPSA) is 47.6 Å². The lowest BCUT2D eigenvalue weighted by atomic mass is 10.0. The Morgan fingerprint density at radius 2 is 2.17 bits per heavy atom. The quantitative estimate of drug-likeness (QED) is 0.755. The number of hydrogen-bond donors (Lipinski definition) is 1. The molecule has 1 N–H and O–H groups in total. The Hall–Kier alpha value is -1.55. The standard InChI is InChI=1S/C14H21NO3/c1-4-15-13(10-14(16)18-5-2)11-7-6-8-12(9-11)17-3/h6-9,13,15H,4-5,10H2,1-3H3. The van der Waals surface area contributed by atoms with Crippen molar-refractivity contribution in [3.63, 3.8) is 0 Å². The van der Waals surface area contributed by atoms with Crippen LogP contribution >= 0.6 is 0 Å². The van der Waals surface area contributed by atoms with E-state index in [1.807, 2.05) is 38.1 Å². The zero-order valence-corrected chi connectivity index (χ0v) is 11.2. The van der Waals surface area contributed by atoms with Gasteiger partial charge in [-0.15, -0.1) is 0 Å². The first-order valence-corrected chi connectivity index (χ1v) is 6.24. The predicted octanol–water partition coefficient (Wildman–Crippen LogP) is 2.30. The summed E-state index contributed by atoms with van der Waals surface area (Å²) in [6, 6.07) is 7.69. The molecule has 0 radical (unpaired) electrons. The largest absolute Gasteiger partial charge is 0.497 e. The van der Waals surface area contributed by atoms with Crippen LogP contribution in [0.25, 0.3) is 0 Å². The van der Waals surface area contributed by atoms with Crippen molar-refractivity contribution in [2.75, 3.05) is 20.3 Å². The van der Waals surface area contributed by atoms with Crippen LogP contribution in [0.4, 0.5) is 0 Å². The number of carbonyl (C=O) groups excluding carboxylic acids is 1. The van der Waals surface area contributed by atoms with E-state index in [2.05, 4.69) is 5.32 Å². The van der Waals surface area contributed by atoms with Crippen LogP contribution in [0.2, 0.25) is 0 Å². The van der Waals surface area contributed by atoms with Crippen LogP contribution in [-0.4, -0.2) is 26.2 Å². The van der Waals surface area contributed by atoms with Crippen molar-refractivity contribution in [1.82, 2.24) is 5.32 Å². The highest BCUT2D eigenvalue weighted by Gasteiger charge is 2.16. The molecule has 4 nitrogen and oxygen atoms in total. The minimum atomic E-state index is -0.189. The maximum absolute atomic E-state index is 11.6. The molecule has 0 amide bonds. The summed E-state index contributed by atoms with van der Waals surface area (Å²) in [6.07, 6.45) is 0.328. The zero-order valence-electron chi connectivity index (χ0n) is 11.2. The summed E-state index contributed by atoms with van der Waals surface area (Å²) in [6.45, 7) is 5.03. The molecule has 1 unspecified atom stereocenters. The van der Waals surface area contributed by atoms with Gasteiger partial charge in [-0.25, -0.2) is 0 Å². The molecular weight excluding hydrogens is 230 g/mol. The average molecular weight is 251 g/mol. The predicted molar refractivity (Wildman–Crippen MR) is 70.7 cm³/mol. The van der Waals surface area contributed by atoms with Crippen LogP contribution in [-0.2, 0) is 9.53 Å². The summed E-state index contributed by atoms with van der Waals surface area (Å²) in [5.74, 6) is 0.602. The van der Waals surface area contributed by atoms with E-state index in [0.717, 1.165) is 17.9 Å². The zero-order chi connectivity index (χ0) is 13.4. The molecule has 100 valence electrons. The molecule has 4 heteroatoms. The van der Waals surface area contributed by atoms with E-state index in [1.165, 1.54) is 0 Å². The van der Waals surface area contributed by atoms with Gasteiger partial charge in [0.2, 0.25) is 0 Å². The van der Waals surface area contributed by atoms with Crippen molar-refractivity contribution in [1.29, 1.82) is 0 Å². The molecule has 0 spiro atoms. The molecule has 0 saturated carbocycles. The van der Waals surface area contributed by atoms with E-state index in [0.29, 0.717) is 13.0 Å². The Labute approximate surface area is 108 Å². The number of benzene rings is 1. The minimum Gasteiger partial charge on any atom is -0.497 e. The Balaban J connectivity index is 2.79. The molecule has 0 aliphatic carbocycles. The Morgan fingerprint density at radius 1 is 1.39 bits per heavy atom. The fourth-order valence-corrected chi connectivity index (χ4v) is 1.80. The SMILES string of the molecule is CCNC(CC(=O)OCC)c1cccc(OC)c1. The Bertz CT molecular complexity index is 379. The van der Waals surface area contributed by atoms with Gasteiger partial charge in [0.25, 0.3) is 0 Å². The lowest BCUT2D eigenvalue weighted by molar-refractivity contribution is -0.143. The summed E-state index contributed by atoms with van der Waals surface area (Å²) >= 11 is 0. The molecular formula is C14H21NO3. The lowest BCUT2D eigenvalue weighted by Crippen LogP contribution is -2.24. The van der Waals surface area contributed by atoms with Crippen LogP contribution in [0.15, 0.2) is 24.3 Å². The second kappa shape index (κ2) is 7.71. The van der Waals surface area contributed by atoms with Crippen LogP contribution in [0.5, 0.6) is 5.75 Å². The first-order valence-electron chi connectivity index (χ1n) is 6.24. The van der Waals surface area contributed by atoms with Gasteiger partial charge in [0.1, 0.15) is 5.75 Å². The first-order chi connectivity index (χ1) is 8.71. The van der Waals surface area contributed by atoms with E-state index >= 15 is 0 Å². The smallest absolute Gasteiger partial charge is 0.307 e. The molecule has 1 aromatic carbocycles. The lowest BCUT2D eigenvalue weighted by Gasteiger charge is -2.18. The summed E-state index contributed by atoms with van der Waals surface area (Å²) in [5, 5.41) is 3.28. The average Bonchev–Trinajstić information content (AvgIpc) is 2.38. The molecule has 0 aromatic heterocycles. The van der Waals surface area contributed by atoms with Gasteiger partial charge in [-0.1, -0.05) is 19.1 Å². The molecule has 1 rings (SSSR count). The normalized spacial score (nSPS) is 11.9. The fraction of sp³-hybridized carbons (Fsp3) is 0.500. The number of hydrogen-bond acceptors (Lipinski definition) is 4. The van der Waals surface area contributed by atoms with Crippen LogP contribution in [0, 0.1) is 0 Å². The highest BCUT2D eigenvalue weighted by atomic mass is 16.5. The maximum atomic E-state index is 11.6. The fourth-order valence-electron chi connectivity index (χ4n) is 1.80. The summed E-state index contributed by atoms with van der Waals surface area (Å²) < 4.78 is 10.2. The molecule has 0 bridgehead atoms. The number of rotatable bonds is 7. The van der Waals surface area contributed by atoms with E-state index in [4.69, 9.17) is 9.47 Å². The van der Waals surface area contributed by atoms with Crippen molar-refractivity contribution in [2.45, 2.75) is 26.3 Å². The number of methoxy groups -OCH3 is 1. The summed E-state index contributed by atoms with van der Waals surface area (Å²) in [7, 11) is 1.63. The van der Waals surface area contributed by atoms with Crippen molar-refractivity contribution in [2.24, 2.45) is 0 Å². The molecule has 1 atom stereocenters. The molecule has 1 aromatic rings. The second-order valence-corrected chi connectivity index (χ2v) is 3.90. The van der Waals surface area contributed by atoms with Crippen molar-refractivity contribution in [3.05, 3.63) is 29.8 Å². The van der Waals surface area contributed by atoms with Gasteiger partial charge in [0, 0.05) is 6.04 Å². The number of esters is 1. The molecule has 0 aliphatic rings. The Morgan fingerprint density at radius 3 is 2.78 bits per heavy atom. The Kier molecular flexibility index (Phi) is 6.22. The molecule has 0 fully saturated rings. The van der Waals surface area contributed by atoms with Crippen LogP contribution < -0.4 is 10.1 Å². The molecule has 18 heavy (non-hydrogen) atoms. The van der Waals surface area contributed by atoms with Gasteiger partial charge < -0.3 is 14.8 Å². The van der Waals surface area contributed by atoms with Crippen molar-refractivity contribution in [3.8, 4) is 5.75 Å². The van der Waals surface area contributed by atoms with Gasteiger partial charge in [-0.3, -0.25) is 4.79 Å². The second-order valence-electron chi connectivity index (χ2n) is 3.90. The monoisotopic (exact) mass is 251 g/mol. The van der Waals surface area contributed by atoms with E-state index < -0.39 is 0 Å². The van der Waals surface area contributed by atoms with E-state index in [1.54, 1.807) is 7.11 Å². The molecule has 0 aliphatic heterocycles. The third kappa shape index (κ3) is 4.37. The number of nitrogens with one attached hydrogen (secondary N) is 1. The van der Waals surface area contributed by atoms with E-state index in [9.17, 15) is 4.79 Å². The van der Waals surface area contributed by atoms with Crippen LogP contribution in [0.3, 0.4) is 0 Å². The highest BCUT2D eigenvalue weighted by molar-refractivity contribution is 5.70. The van der Waals surface area contributed by atoms with Gasteiger partial charge in [-0.05, 0) is 31.2 Å². The highest BCUT2D eigenvalue weighted by Crippen LogP contribution is 2.22. The van der Waals surface area contributed by atoms with Crippen molar-refractivity contribution < 1.29 is 14.3 Å². The number of carbonyl (C=O) groups is 1. The first kappa shape index (κ1) is 14.5.